The Morgan fingerprint density at radius 3 is 2.36 bits per heavy atom. The minimum Gasteiger partial charge on any atom is -0.493 e. The highest BCUT2D eigenvalue weighted by atomic mass is 16.5. The molecule has 2 aromatic carbocycles. The van der Waals surface area contributed by atoms with Crippen LogP contribution in [0.25, 0.3) is 0 Å². The van der Waals surface area contributed by atoms with Crippen molar-refractivity contribution in [2.45, 2.75) is 0 Å². The molecule has 2 rings (SSSR count). The summed E-state index contributed by atoms with van der Waals surface area (Å²) in [4.78, 5) is 10.9. The van der Waals surface area contributed by atoms with Crippen LogP contribution in [0, 0.1) is 0 Å². The number of methoxy groups -OCH3 is 2. The van der Waals surface area contributed by atoms with E-state index in [1.165, 1.54) is 13.3 Å². The minimum atomic E-state index is -0.619. The average Bonchev–Trinajstić information content (AvgIpc) is 2.66. The molecule has 1 amide bonds. The van der Waals surface area contributed by atoms with Gasteiger partial charge in [-0.25, -0.2) is 10.2 Å². The number of nitrogens with zero attached hydrogens (tertiary/aromatic N) is 1. The number of nitrogens with one attached hydrogen (secondary N) is 1. The summed E-state index contributed by atoms with van der Waals surface area (Å²) in [6.45, 7) is 0.794. The minimum absolute atomic E-state index is 0.395. The lowest BCUT2D eigenvalue weighted by molar-refractivity contribution is 0.171. The Bertz CT molecular complexity index is 701. The van der Waals surface area contributed by atoms with Crippen molar-refractivity contribution in [3.63, 3.8) is 0 Å². The number of hydrogen-bond acceptors (Lipinski definition) is 6. The van der Waals surface area contributed by atoms with Crippen molar-refractivity contribution in [2.24, 2.45) is 5.10 Å². The van der Waals surface area contributed by atoms with E-state index >= 15 is 0 Å². The molecule has 0 saturated carbocycles. The van der Waals surface area contributed by atoms with Gasteiger partial charge in [0, 0.05) is 0 Å². The van der Waals surface area contributed by atoms with Gasteiger partial charge in [0.05, 0.1) is 20.4 Å². The van der Waals surface area contributed by atoms with Gasteiger partial charge in [-0.3, -0.25) is 0 Å². The number of benzene rings is 2. The molecule has 0 aliphatic carbocycles. The predicted molar refractivity (Wildman–Crippen MR) is 93.6 cm³/mol. The Kier molecular flexibility index (Phi) is 7.12. The Hall–Kier alpha value is -3.22. The first kappa shape index (κ1) is 18.1. The van der Waals surface area contributed by atoms with E-state index in [2.05, 4.69) is 15.3 Å². The fraction of sp³-hybridized carbons (Fsp3) is 0.222. The van der Waals surface area contributed by atoms with Crippen molar-refractivity contribution in [3.05, 3.63) is 54.1 Å². The molecule has 0 unspecified atom stereocenters. The van der Waals surface area contributed by atoms with Crippen LogP contribution in [-0.2, 0) is 4.74 Å². The maximum absolute atomic E-state index is 10.9. The molecule has 0 bridgehead atoms. The van der Waals surface area contributed by atoms with E-state index in [1.807, 2.05) is 48.5 Å². The van der Waals surface area contributed by atoms with E-state index in [0.717, 1.165) is 5.56 Å². The van der Waals surface area contributed by atoms with Gasteiger partial charge in [0.25, 0.3) is 0 Å². The molecule has 7 heteroatoms. The molecular formula is C18H20N2O5. The first-order valence-corrected chi connectivity index (χ1v) is 7.58. The maximum atomic E-state index is 10.9. The summed E-state index contributed by atoms with van der Waals surface area (Å²) in [7, 11) is 2.87. The Labute approximate surface area is 146 Å². The highest BCUT2D eigenvalue weighted by molar-refractivity contribution is 5.80. The average molecular weight is 344 g/mol. The van der Waals surface area contributed by atoms with E-state index in [9.17, 15) is 4.79 Å². The van der Waals surface area contributed by atoms with Gasteiger partial charge in [-0.15, -0.1) is 0 Å². The van der Waals surface area contributed by atoms with Gasteiger partial charge in [-0.2, -0.15) is 5.10 Å². The monoisotopic (exact) mass is 344 g/mol. The van der Waals surface area contributed by atoms with Gasteiger partial charge in [0.1, 0.15) is 19.0 Å². The number of carbonyl (C=O) groups is 1. The SMILES string of the molecule is COC(=O)N/N=C\c1ccc(OCCOc2ccccc2OC)cc1. The molecule has 1 N–H and O–H groups in total. The van der Waals surface area contributed by atoms with E-state index in [-0.39, 0.29) is 0 Å². The Balaban J connectivity index is 1.75. The molecule has 0 aromatic heterocycles. The smallest absolute Gasteiger partial charge is 0.427 e. The summed E-state index contributed by atoms with van der Waals surface area (Å²) in [6, 6.07) is 14.7. The molecule has 132 valence electrons. The van der Waals surface area contributed by atoms with Crippen molar-refractivity contribution in [3.8, 4) is 17.2 Å². The second-order valence-electron chi connectivity index (χ2n) is 4.78. The molecule has 7 nitrogen and oxygen atoms in total. The molecule has 0 aliphatic heterocycles. The zero-order valence-corrected chi connectivity index (χ0v) is 14.1. The van der Waals surface area contributed by atoms with Crippen LogP contribution >= 0.6 is 0 Å². The summed E-state index contributed by atoms with van der Waals surface area (Å²) in [6.07, 6.45) is 0.886. The van der Waals surface area contributed by atoms with Crippen LogP contribution in [0.2, 0.25) is 0 Å². The number of para-hydroxylation sites is 2. The van der Waals surface area contributed by atoms with Gasteiger partial charge < -0.3 is 18.9 Å². The number of amides is 1. The molecule has 0 radical (unpaired) electrons. The second-order valence-corrected chi connectivity index (χ2v) is 4.78. The molecule has 0 spiro atoms. The Morgan fingerprint density at radius 2 is 1.68 bits per heavy atom. The zero-order chi connectivity index (χ0) is 17.9. The first-order valence-electron chi connectivity index (χ1n) is 7.58. The van der Waals surface area contributed by atoms with Crippen LogP contribution in [0.4, 0.5) is 4.79 Å². The van der Waals surface area contributed by atoms with Crippen LogP contribution in [0.1, 0.15) is 5.56 Å². The lowest BCUT2D eigenvalue weighted by Crippen LogP contribution is -2.16. The van der Waals surface area contributed by atoms with E-state index in [4.69, 9.17) is 14.2 Å². The summed E-state index contributed by atoms with van der Waals surface area (Å²) in [5, 5.41) is 3.75. The van der Waals surface area contributed by atoms with Crippen LogP contribution in [0.15, 0.2) is 53.6 Å². The largest absolute Gasteiger partial charge is 0.493 e. The molecule has 25 heavy (non-hydrogen) atoms. The summed E-state index contributed by atoms with van der Waals surface area (Å²) >= 11 is 0. The standard InChI is InChI=1S/C18H20N2O5/c1-22-16-5-3-4-6-17(16)25-12-11-24-15-9-7-14(8-10-15)13-19-20-18(21)23-2/h3-10,13H,11-12H2,1-2H3,(H,20,21)/b19-13-. The lowest BCUT2D eigenvalue weighted by atomic mass is 10.2. The number of ether oxygens (including phenoxy) is 4. The van der Waals surface area contributed by atoms with Gasteiger partial charge in [0.15, 0.2) is 11.5 Å². The quantitative estimate of drug-likeness (QED) is 0.453. The summed E-state index contributed by atoms with van der Waals surface area (Å²) in [5.41, 5.74) is 3.03. The summed E-state index contributed by atoms with van der Waals surface area (Å²) in [5.74, 6) is 2.08. The topological polar surface area (TPSA) is 78.4 Å². The van der Waals surface area contributed by atoms with Crippen molar-refractivity contribution < 1.29 is 23.7 Å². The normalized spacial score (nSPS) is 10.3. The Morgan fingerprint density at radius 1 is 1.00 bits per heavy atom. The van der Waals surface area contributed by atoms with Crippen molar-refractivity contribution in [1.29, 1.82) is 0 Å². The lowest BCUT2D eigenvalue weighted by Gasteiger charge is -2.11. The van der Waals surface area contributed by atoms with E-state index in [1.54, 1.807) is 7.11 Å². The number of hydrogen-bond donors (Lipinski definition) is 1. The van der Waals surface area contributed by atoms with Gasteiger partial charge in [-0.1, -0.05) is 12.1 Å². The van der Waals surface area contributed by atoms with Crippen LogP contribution < -0.4 is 19.6 Å². The van der Waals surface area contributed by atoms with Crippen LogP contribution in [0.3, 0.4) is 0 Å². The van der Waals surface area contributed by atoms with Crippen molar-refractivity contribution >= 4 is 12.3 Å². The van der Waals surface area contributed by atoms with Crippen LogP contribution in [0.5, 0.6) is 17.2 Å². The van der Waals surface area contributed by atoms with Crippen molar-refractivity contribution in [2.75, 3.05) is 27.4 Å². The number of carbonyl (C=O) groups excluding carboxylic acids is 1. The molecule has 0 atom stereocenters. The van der Waals surface area contributed by atoms with E-state index < -0.39 is 6.09 Å². The fourth-order valence-corrected chi connectivity index (χ4v) is 1.90. The molecule has 0 aliphatic rings. The third-order valence-corrected chi connectivity index (χ3v) is 3.11. The highest BCUT2D eigenvalue weighted by Gasteiger charge is 2.02. The second kappa shape index (κ2) is 9.82. The van der Waals surface area contributed by atoms with Gasteiger partial charge in [-0.05, 0) is 42.0 Å². The van der Waals surface area contributed by atoms with E-state index in [0.29, 0.717) is 30.5 Å². The first-order chi connectivity index (χ1) is 12.2. The third kappa shape index (κ3) is 6.06. The number of rotatable bonds is 8. The highest BCUT2D eigenvalue weighted by Crippen LogP contribution is 2.25. The molecular weight excluding hydrogens is 324 g/mol. The molecule has 2 aromatic rings. The molecule has 0 fully saturated rings. The summed E-state index contributed by atoms with van der Waals surface area (Å²) < 4.78 is 20.9. The third-order valence-electron chi connectivity index (χ3n) is 3.11. The molecule has 0 heterocycles. The molecule has 0 saturated heterocycles. The van der Waals surface area contributed by atoms with Crippen LogP contribution in [-0.4, -0.2) is 39.7 Å². The van der Waals surface area contributed by atoms with Gasteiger partial charge in [0.2, 0.25) is 0 Å². The maximum Gasteiger partial charge on any atom is 0.427 e. The predicted octanol–water partition coefficient (Wildman–Crippen LogP) is 2.84. The fourth-order valence-electron chi connectivity index (χ4n) is 1.90. The zero-order valence-electron chi connectivity index (χ0n) is 14.1. The van der Waals surface area contributed by atoms with Crippen molar-refractivity contribution in [1.82, 2.24) is 5.43 Å². The number of hydrazone groups is 1. The van der Waals surface area contributed by atoms with Gasteiger partial charge >= 0.3 is 6.09 Å².